The Balaban J connectivity index is 2.17. The molecule has 0 fully saturated rings. The predicted octanol–water partition coefficient (Wildman–Crippen LogP) is 2.05. The Hall–Kier alpha value is -2.89. The van der Waals surface area contributed by atoms with Crippen molar-refractivity contribution >= 4 is 17.7 Å². The van der Waals surface area contributed by atoms with E-state index in [1.165, 1.54) is 24.3 Å². The summed E-state index contributed by atoms with van der Waals surface area (Å²) in [5.74, 6) is -1.52. The zero-order valence-corrected chi connectivity index (χ0v) is 10.6. The van der Waals surface area contributed by atoms with Gasteiger partial charge in [0.25, 0.3) is 5.91 Å². The minimum Gasteiger partial charge on any atom is -0.507 e. The molecular weight excluding hydrogens is 260 g/mol. The number of phenols is 1. The number of benzene rings is 1. The number of aryl methyl sites for hydroxylation is 1. The van der Waals surface area contributed by atoms with Gasteiger partial charge >= 0.3 is 5.97 Å². The van der Waals surface area contributed by atoms with Crippen LogP contribution in [0.2, 0.25) is 0 Å². The van der Waals surface area contributed by atoms with E-state index in [2.05, 4.69) is 10.3 Å². The zero-order chi connectivity index (χ0) is 14.7. The predicted molar refractivity (Wildman–Crippen MR) is 72.0 cm³/mol. The van der Waals surface area contributed by atoms with Crippen molar-refractivity contribution in [3.63, 3.8) is 0 Å². The van der Waals surface area contributed by atoms with Gasteiger partial charge in [-0.1, -0.05) is 6.07 Å². The number of nitrogens with zero attached hydrogens (tertiary/aromatic N) is 1. The van der Waals surface area contributed by atoms with Crippen LogP contribution in [0.25, 0.3) is 0 Å². The second kappa shape index (κ2) is 5.40. The fraction of sp³-hybridized carbons (Fsp3) is 0.0714. The maximum atomic E-state index is 11.9. The summed E-state index contributed by atoms with van der Waals surface area (Å²) in [7, 11) is 0. The van der Waals surface area contributed by atoms with E-state index in [-0.39, 0.29) is 22.7 Å². The fourth-order valence-corrected chi connectivity index (χ4v) is 1.61. The largest absolute Gasteiger partial charge is 0.507 e. The molecule has 0 spiro atoms. The Morgan fingerprint density at radius 3 is 2.50 bits per heavy atom. The second-order valence-electron chi connectivity index (χ2n) is 4.21. The van der Waals surface area contributed by atoms with Crippen LogP contribution in [0.15, 0.2) is 36.5 Å². The lowest BCUT2D eigenvalue weighted by atomic mass is 10.1. The van der Waals surface area contributed by atoms with E-state index in [9.17, 15) is 14.7 Å². The van der Waals surface area contributed by atoms with Crippen LogP contribution < -0.4 is 5.32 Å². The zero-order valence-electron chi connectivity index (χ0n) is 10.6. The number of phenolic OH excluding ortho intramolecular Hbond substituents is 1. The molecule has 3 N–H and O–H groups in total. The number of hydrogen-bond acceptors (Lipinski definition) is 4. The molecule has 6 heteroatoms. The van der Waals surface area contributed by atoms with Crippen molar-refractivity contribution in [1.29, 1.82) is 0 Å². The van der Waals surface area contributed by atoms with E-state index in [0.717, 1.165) is 11.8 Å². The van der Waals surface area contributed by atoms with Gasteiger partial charge in [-0.05, 0) is 36.8 Å². The monoisotopic (exact) mass is 272 g/mol. The summed E-state index contributed by atoms with van der Waals surface area (Å²) in [5.41, 5.74) is 0.990. The van der Waals surface area contributed by atoms with Crippen molar-refractivity contribution in [3.8, 4) is 5.75 Å². The van der Waals surface area contributed by atoms with E-state index in [4.69, 9.17) is 5.11 Å². The number of pyridine rings is 1. The molecule has 1 aromatic carbocycles. The van der Waals surface area contributed by atoms with E-state index >= 15 is 0 Å². The van der Waals surface area contributed by atoms with Gasteiger partial charge in [-0.15, -0.1) is 0 Å². The smallest absolute Gasteiger partial charge is 0.337 e. The first-order valence-corrected chi connectivity index (χ1v) is 5.77. The Morgan fingerprint density at radius 2 is 1.95 bits per heavy atom. The first-order valence-electron chi connectivity index (χ1n) is 5.77. The van der Waals surface area contributed by atoms with Crippen LogP contribution in [-0.2, 0) is 0 Å². The normalized spacial score (nSPS) is 10.1. The molecule has 0 unspecified atom stereocenters. The highest BCUT2D eigenvalue weighted by Gasteiger charge is 2.12. The van der Waals surface area contributed by atoms with Gasteiger partial charge in [0.1, 0.15) is 11.6 Å². The van der Waals surface area contributed by atoms with Crippen LogP contribution in [0, 0.1) is 6.92 Å². The van der Waals surface area contributed by atoms with Gasteiger partial charge in [0.15, 0.2) is 0 Å². The number of amides is 1. The summed E-state index contributed by atoms with van der Waals surface area (Å²) in [5, 5.41) is 20.9. The fourth-order valence-electron chi connectivity index (χ4n) is 1.61. The summed E-state index contributed by atoms with van der Waals surface area (Å²) in [6.45, 7) is 1.80. The second-order valence-corrected chi connectivity index (χ2v) is 4.21. The van der Waals surface area contributed by atoms with Crippen LogP contribution in [0.3, 0.4) is 0 Å². The Kier molecular flexibility index (Phi) is 3.65. The number of carbonyl (C=O) groups is 2. The number of aromatic carboxylic acids is 1. The maximum Gasteiger partial charge on any atom is 0.337 e. The van der Waals surface area contributed by atoms with Crippen molar-refractivity contribution in [2.75, 3.05) is 5.32 Å². The van der Waals surface area contributed by atoms with Gasteiger partial charge in [0.2, 0.25) is 0 Å². The molecule has 2 aromatic rings. The third kappa shape index (κ3) is 2.92. The summed E-state index contributed by atoms with van der Waals surface area (Å²) in [4.78, 5) is 26.4. The first kappa shape index (κ1) is 13.5. The van der Waals surface area contributed by atoms with E-state index in [1.54, 1.807) is 13.0 Å². The topological polar surface area (TPSA) is 99.5 Å². The highest BCUT2D eigenvalue weighted by Crippen LogP contribution is 2.19. The molecule has 1 aromatic heterocycles. The quantitative estimate of drug-likeness (QED) is 0.794. The molecule has 0 bridgehead atoms. The number of carboxylic acids is 1. The maximum absolute atomic E-state index is 11.9. The SMILES string of the molecule is Cc1ccc(C(=O)Nc2ccc(C(=O)O)cn2)c(O)c1. The van der Waals surface area contributed by atoms with Crippen molar-refractivity contribution < 1.29 is 19.8 Å². The summed E-state index contributed by atoms with van der Waals surface area (Å²) in [6.07, 6.45) is 1.15. The van der Waals surface area contributed by atoms with Crippen LogP contribution in [0.5, 0.6) is 5.75 Å². The van der Waals surface area contributed by atoms with Crippen molar-refractivity contribution in [2.24, 2.45) is 0 Å². The molecule has 1 amide bonds. The van der Waals surface area contributed by atoms with E-state index in [1.807, 2.05) is 0 Å². The molecule has 0 radical (unpaired) electrons. The minimum atomic E-state index is -1.09. The van der Waals surface area contributed by atoms with Gasteiger partial charge in [0, 0.05) is 6.20 Å². The molecule has 0 saturated heterocycles. The molecule has 102 valence electrons. The molecule has 0 atom stereocenters. The lowest BCUT2D eigenvalue weighted by molar-refractivity contribution is 0.0696. The average molecular weight is 272 g/mol. The van der Waals surface area contributed by atoms with Crippen LogP contribution in [-0.4, -0.2) is 27.1 Å². The van der Waals surface area contributed by atoms with Crippen LogP contribution in [0.1, 0.15) is 26.3 Å². The molecule has 0 aliphatic rings. The van der Waals surface area contributed by atoms with Crippen molar-refractivity contribution in [3.05, 3.63) is 53.2 Å². The minimum absolute atomic E-state index is 0.0289. The lowest BCUT2D eigenvalue weighted by Gasteiger charge is -2.07. The molecular formula is C14H12N2O4. The summed E-state index contributed by atoms with van der Waals surface area (Å²) < 4.78 is 0. The number of aromatic hydroxyl groups is 1. The number of hydrogen-bond donors (Lipinski definition) is 3. The summed E-state index contributed by atoms with van der Waals surface area (Å²) in [6, 6.07) is 7.41. The molecule has 2 rings (SSSR count). The summed E-state index contributed by atoms with van der Waals surface area (Å²) >= 11 is 0. The number of anilines is 1. The van der Waals surface area contributed by atoms with Gasteiger partial charge < -0.3 is 15.5 Å². The molecule has 0 aliphatic heterocycles. The highest BCUT2D eigenvalue weighted by molar-refractivity contribution is 6.05. The van der Waals surface area contributed by atoms with Crippen LogP contribution >= 0.6 is 0 Å². The van der Waals surface area contributed by atoms with Crippen molar-refractivity contribution in [2.45, 2.75) is 6.92 Å². The third-order valence-corrected chi connectivity index (χ3v) is 2.65. The van der Waals surface area contributed by atoms with Crippen LogP contribution in [0.4, 0.5) is 5.82 Å². The first-order chi connectivity index (χ1) is 9.47. The lowest BCUT2D eigenvalue weighted by Crippen LogP contribution is -2.13. The van der Waals surface area contributed by atoms with Gasteiger partial charge in [-0.25, -0.2) is 9.78 Å². The molecule has 0 saturated carbocycles. The van der Waals surface area contributed by atoms with E-state index < -0.39 is 11.9 Å². The van der Waals surface area contributed by atoms with Gasteiger partial charge in [-0.2, -0.15) is 0 Å². The number of nitrogens with one attached hydrogen (secondary N) is 1. The Morgan fingerprint density at radius 1 is 1.20 bits per heavy atom. The standard InChI is InChI=1S/C14H12N2O4/c1-8-2-4-10(11(17)6-8)13(18)16-12-5-3-9(7-15-12)14(19)20/h2-7,17H,1H3,(H,19,20)(H,15,16,18). The third-order valence-electron chi connectivity index (χ3n) is 2.65. The number of carboxylic acid groups (broad SMARTS) is 1. The molecule has 1 heterocycles. The van der Waals surface area contributed by atoms with E-state index in [0.29, 0.717) is 0 Å². The van der Waals surface area contributed by atoms with Gasteiger partial charge in [0.05, 0.1) is 11.1 Å². The number of carbonyl (C=O) groups excluding carboxylic acids is 1. The number of aromatic nitrogens is 1. The Bertz CT molecular complexity index is 665. The highest BCUT2D eigenvalue weighted by atomic mass is 16.4. The number of rotatable bonds is 3. The molecule has 0 aliphatic carbocycles. The average Bonchev–Trinajstić information content (AvgIpc) is 2.39. The molecule has 20 heavy (non-hydrogen) atoms. The van der Waals surface area contributed by atoms with Gasteiger partial charge in [-0.3, -0.25) is 4.79 Å². The molecule has 6 nitrogen and oxygen atoms in total. The Labute approximate surface area is 114 Å². The van der Waals surface area contributed by atoms with Crippen molar-refractivity contribution in [1.82, 2.24) is 4.98 Å².